The smallest absolute Gasteiger partial charge is 0.272 e. The molecule has 0 radical (unpaired) electrons. The van der Waals surface area contributed by atoms with Gasteiger partial charge in [0, 0.05) is 23.0 Å². The number of hydrogen-bond donors (Lipinski definition) is 2. The first-order chi connectivity index (χ1) is 9.61. The van der Waals surface area contributed by atoms with Gasteiger partial charge >= 0.3 is 0 Å². The second-order valence-electron chi connectivity index (χ2n) is 4.42. The van der Waals surface area contributed by atoms with Crippen LogP contribution in [0.15, 0.2) is 41.2 Å². The fourth-order valence-corrected chi connectivity index (χ4v) is 2.31. The Balaban J connectivity index is 2.50. The fraction of sp³-hybridized carbons (Fsp3) is 0.200. The van der Waals surface area contributed by atoms with E-state index >= 15 is 0 Å². The second kappa shape index (κ2) is 6.52. The highest BCUT2D eigenvalue weighted by atomic mass is 79.9. The van der Waals surface area contributed by atoms with E-state index in [4.69, 9.17) is 0 Å². The number of H-pyrrole nitrogens is 1. The van der Waals surface area contributed by atoms with Gasteiger partial charge in [-0.1, -0.05) is 46.3 Å². The topological polar surface area (TPSA) is 62.0 Å². The number of alkyl halides is 1. The number of hydrogen-bond acceptors (Lipinski definition) is 2. The van der Waals surface area contributed by atoms with Gasteiger partial charge in [-0.15, -0.1) is 0 Å². The molecule has 0 unspecified atom stereocenters. The summed E-state index contributed by atoms with van der Waals surface area (Å²) in [7, 11) is 0. The minimum Gasteiger partial charge on any atom is -0.325 e. The van der Waals surface area contributed by atoms with Gasteiger partial charge < -0.3 is 10.3 Å². The number of carbonyl (C=O) groups is 1. The highest BCUT2D eigenvalue weighted by Gasteiger charge is 2.13. The Morgan fingerprint density at radius 1 is 1.30 bits per heavy atom. The Hall–Kier alpha value is -1.88. The zero-order chi connectivity index (χ0) is 14.5. The van der Waals surface area contributed by atoms with Crippen molar-refractivity contribution in [2.75, 3.05) is 10.6 Å². The van der Waals surface area contributed by atoms with Gasteiger partial charge in [-0.25, -0.2) is 0 Å². The lowest BCUT2D eigenvalue weighted by molar-refractivity contribution is -0.115. The first kappa shape index (κ1) is 14.5. The number of carbonyl (C=O) groups excluding carboxylic acids is 1. The number of anilines is 1. The summed E-state index contributed by atoms with van der Waals surface area (Å²) < 4.78 is 0. The van der Waals surface area contributed by atoms with E-state index in [1.165, 1.54) is 0 Å². The molecule has 0 saturated carbocycles. The molecule has 1 aromatic carbocycles. The monoisotopic (exact) mass is 334 g/mol. The van der Waals surface area contributed by atoms with Gasteiger partial charge in [-0.2, -0.15) is 0 Å². The Kier molecular flexibility index (Phi) is 4.74. The van der Waals surface area contributed by atoms with E-state index in [0.717, 1.165) is 16.8 Å². The number of rotatable bonds is 4. The molecule has 0 aliphatic heterocycles. The molecule has 1 aromatic heterocycles. The molecule has 0 atom stereocenters. The summed E-state index contributed by atoms with van der Waals surface area (Å²) in [6.45, 7) is 1.82. The van der Waals surface area contributed by atoms with Crippen molar-refractivity contribution < 1.29 is 4.79 Å². The zero-order valence-electron chi connectivity index (χ0n) is 11.1. The van der Waals surface area contributed by atoms with Crippen LogP contribution in [0.3, 0.4) is 0 Å². The number of aromatic amines is 1. The number of aromatic nitrogens is 1. The van der Waals surface area contributed by atoms with Crippen LogP contribution in [-0.4, -0.2) is 16.2 Å². The molecule has 1 heterocycles. The molecular formula is C15H15BrN2O2. The largest absolute Gasteiger partial charge is 0.325 e. The summed E-state index contributed by atoms with van der Waals surface area (Å²) in [4.78, 5) is 26.5. The van der Waals surface area contributed by atoms with E-state index in [1.807, 2.05) is 43.3 Å². The molecule has 2 N–H and O–H groups in total. The molecule has 20 heavy (non-hydrogen) atoms. The maximum atomic E-state index is 12.1. The van der Waals surface area contributed by atoms with Crippen LogP contribution in [0.5, 0.6) is 0 Å². The van der Waals surface area contributed by atoms with Crippen LogP contribution in [0.1, 0.15) is 12.1 Å². The molecule has 2 rings (SSSR count). The van der Waals surface area contributed by atoms with E-state index in [0.29, 0.717) is 17.4 Å². The normalized spacial score (nSPS) is 10.3. The molecule has 0 spiro atoms. The van der Waals surface area contributed by atoms with E-state index in [-0.39, 0.29) is 11.5 Å². The average Bonchev–Trinajstić information content (AvgIpc) is 2.43. The van der Waals surface area contributed by atoms with Crippen LogP contribution in [0.4, 0.5) is 5.69 Å². The van der Waals surface area contributed by atoms with E-state index < -0.39 is 0 Å². The molecular weight excluding hydrogens is 320 g/mol. The van der Waals surface area contributed by atoms with E-state index in [1.54, 1.807) is 0 Å². The van der Waals surface area contributed by atoms with Gasteiger partial charge in [0.05, 0.1) is 0 Å². The van der Waals surface area contributed by atoms with Gasteiger partial charge in [-0.3, -0.25) is 9.59 Å². The second-order valence-corrected chi connectivity index (χ2v) is 5.22. The minimum atomic E-state index is -0.285. The van der Waals surface area contributed by atoms with Gasteiger partial charge in [0.15, 0.2) is 0 Å². The molecule has 0 fully saturated rings. The van der Waals surface area contributed by atoms with Crippen LogP contribution in [0.2, 0.25) is 0 Å². The standard InChI is InChI=1S/C15H15BrN2O2/c1-10-9-12(11-5-3-2-4-6-11)14(15(20)17-10)18-13(19)7-8-16/h2-6,9H,7-8H2,1H3,(H,17,20)(H,18,19). The first-order valence-electron chi connectivity index (χ1n) is 6.27. The maximum absolute atomic E-state index is 12.1. The summed E-state index contributed by atoms with van der Waals surface area (Å²) in [5.74, 6) is -0.187. The lowest BCUT2D eigenvalue weighted by Crippen LogP contribution is -2.21. The van der Waals surface area contributed by atoms with E-state index in [2.05, 4.69) is 26.2 Å². The zero-order valence-corrected chi connectivity index (χ0v) is 12.7. The predicted molar refractivity (Wildman–Crippen MR) is 84.3 cm³/mol. The molecule has 1 amide bonds. The van der Waals surface area contributed by atoms with Crippen molar-refractivity contribution in [1.29, 1.82) is 0 Å². The summed E-state index contributed by atoms with van der Waals surface area (Å²) in [6.07, 6.45) is 0.321. The number of halogens is 1. The summed E-state index contributed by atoms with van der Waals surface area (Å²) >= 11 is 3.21. The van der Waals surface area contributed by atoms with Crippen LogP contribution < -0.4 is 10.9 Å². The molecule has 0 bridgehead atoms. The summed E-state index contributed by atoms with van der Waals surface area (Å²) in [5.41, 5.74) is 2.40. The summed E-state index contributed by atoms with van der Waals surface area (Å²) in [5, 5.41) is 3.25. The third-order valence-electron chi connectivity index (χ3n) is 2.84. The number of amides is 1. The van der Waals surface area contributed by atoms with Crippen molar-refractivity contribution in [1.82, 2.24) is 4.98 Å². The number of pyridine rings is 1. The van der Waals surface area contributed by atoms with Gasteiger partial charge in [0.25, 0.3) is 5.56 Å². The number of benzene rings is 1. The third kappa shape index (κ3) is 3.36. The van der Waals surface area contributed by atoms with Crippen molar-refractivity contribution in [3.63, 3.8) is 0 Å². The Labute approximate surface area is 125 Å². The SMILES string of the molecule is Cc1cc(-c2ccccc2)c(NC(=O)CCBr)c(=O)[nH]1. The minimum absolute atomic E-state index is 0.187. The quantitative estimate of drug-likeness (QED) is 0.844. The van der Waals surface area contributed by atoms with Crippen molar-refractivity contribution in [2.24, 2.45) is 0 Å². The molecule has 5 heteroatoms. The first-order valence-corrected chi connectivity index (χ1v) is 7.39. The molecule has 2 aromatic rings. The molecule has 0 aliphatic carbocycles. The van der Waals surface area contributed by atoms with Crippen molar-refractivity contribution in [3.05, 3.63) is 52.4 Å². The van der Waals surface area contributed by atoms with Crippen LogP contribution >= 0.6 is 15.9 Å². The molecule has 0 saturated heterocycles. The number of nitrogens with one attached hydrogen (secondary N) is 2. The van der Waals surface area contributed by atoms with Crippen molar-refractivity contribution >= 4 is 27.5 Å². The maximum Gasteiger partial charge on any atom is 0.272 e. The molecule has 0 aliphatic rings. The highest BCUT2D eigenvalue weighted by molar-refractivity contribution is 9.09. The number of aryl methyl sites for hydroxylation is 1. The van der Waals surface area contributed by atoms with Gasteiger partial charge in [0.1, 0.15) is 5.69 Å². The van der Waals surface area contributed by atoms with Crippen LogP contribution in [0.25, 0.3) is 11.1 Å². The lowest BCUT2D eigenvalue weighted by Gasteiger charge is -2.11. The van der Waals surface area contributed by atoms with Crippen LogP contribution in [-0.2, 0) is 4.79 Å². The average molecular weight is 335 g/mol. The van der Waals surface area contributed by atoms with E-state index in [9.17, 15) is 9.59 Å². The van der Waals surface area contributed by atoms with Crippen molar-refractivity contribution in [3.8, 4) is 11.1 Å². The Bertz CT molecular complexity index is 665. The Morgan fingerprint density at radius 2 is 2.00 bits per heavy atom. The fourth-order valence-electron chi connectivity index (χ4n) is 1.95. The lowest BCUT2D eigenvalue weighted by atomic mass is 10.0. The third-order valence-corrected chi connectivity index (χ3v) is 3.24. The molecule has 104 valence electrons. The van der Waals surface area contributed by atoms with Crippen molar-refractivity contribution in [2.45, 2.75) is 13.3 Å². The molecule has 4 nitrogen and oxygen atoms in total. The predicted octanol–water partition coefficient (Wildman–Crippen LogP) is 3.07. The van der Waals surface area contributed by atoms with Gasteiger partial charge in [-0.05, 0) is 18.6 Å². The Morgan fingerprint density at radius 3 is 2.65 bits per heavy atom. The summed E-state index contributed by atoms with van der Waals surface area (Å²) in [6, 6.07) is 11.4. The van der Waals surface area contributed by atoms with Gasteiger partial charge in [0.2, 0.25) is 5.91 Å². The highest BCUT2D eigenvalue weighted by Crippen LogP contribution is 2.25. The van der Waals surface area contributed by atoms with Crippen LogP contribution in [0, 0.1) is 6.92 Å².